The van der Waals surface area contributed by atoms with Gasteiger partial charge in [0.05, 0.1) is 5.56 Å². The lowest BCUT2D eigenvalue weighted by atomic mass is 9.98. The molecule has 106 valence electrons. The first kappa shape index (κ1) is 14.1. The van der Waals surface area contributed by atoms with E-state index in [1.807, 2.05) is 11.9 Å². The van der Waals surface area contributed by atoms with Gasteiger partial charge in [-0.1, -0.05) is 6.07 Å². The fraction of sp³-hybridized carbons (Fsp3) is 0.538. The van der Waals surface area contributed by atoms with Crippen LogP contribution in [0.1, 0.15) is 23.6 Å². The molecule has 6 heteroatoms. The van der Waals surface area contributed by atoms with Crippen LogP contribution in [0.15, 0.2) is 18.2 Å². The van der Waals surface area contributed by atoms with Crippen LogP contribution in [0.3, 0.4) is 0 Å². The average Bonchev–Trinajstić information content (AvgIpc) is 2.70. The van der Waals surface area contributed by atoms with Gasteiger partial charge in [0.25, 0.3) is 0 Å². The van der Waals surface area contributed by atoms with Crippen molar-refractivity contribution in [1.29, 1.82) is 0 Å². The van der Waals surface area contributed by atoms with Crippen molar-refractivity contribution < 1.29 is 18.3 Å². The van der Waals surface area contributed by atoms with Crippen molar-refractivity contribution in [3.05, 3.63) is 29.3 Å². The molecule has 3 N–H and O–H groups in total. The Hall–Kier alpha value is -1.27. The number of phenolic OH excluding ortho intramolecular Hbond substituents is 1. The first-order valence-corrected chi connectivity index (χ1v) is 6.13. The van der Waals surface area contributed by atoms with Crippen LogP contribution >= 0.6 is 0 Å². The molecule has 0 amide bonds. The average molecular weight is 274 g/mol. The minimum Gasteiger partial charge on any atom is -0.507 e. The van der Waals surface area contributed by atoms with Gasteiger partial charge in [-0.25, -0.2) is 0 Å². The Morgan fingerprint density at radius 1 is 1.42 bits per heavy atom. The van der Waals surface area contributed by atoms with Crippen molar-refractivity contribution >= 4 is 0 Å². The molecule has 0 saturated carbocycles. The van der Waals surface area contributed by atoms with Crippen LogP contribution < -0.4 is 5.73 Å². The number of hydrogen-bond acceptors (Lipinski definition) is 3. The molecule has 1 aromatic rings. The molecule has 1 fully saturated rings. The lowest BCUT2D eigenvalue weighted by Crippen LogP contribution is -2.20. The van der Waals surface area contributed by atoms with Crippen molar-refractivity contribution in [3.63, 3.8) is 0 Å². The molecule has 2 unspecified atom stereocenters. The highest BCUT2D eigenvalue weighted by molar-refractivity contribution is 5.39. The molecular weight excluding hydrogens is 257 g/mol. The van der Waals surface area contributed by atoms with E-state index in [9.17, 15) is 18.3 Å². The standard InChI is InChI=1S/C13H17F3N2O/c1-18-7-8(6-17)4-11(18)9-2-3-12(19)10(5-9)13(14,15)16/h2-3,5,8,11,19H,4,6-7,17H2,1H3. The molecule has 1 aliphatic rings. The molecule has 0 spiro atoms. The molecular formula is C13H17F3N2O. The lowest BCUT2D eigenvalue weighted by Gasteiger charge is -2.21. The monoisotopic (exact) mass is 274 g/mol. The highest BCUT2D eigenvalue weighted by atomic mass is 19.4. The zero-order valence-corrected chi connectivity index (χ0v) is 10.6. The van der Waals surface area contributed by atoms with Gasteiger partial charge in [-0.15, -0.1) is 0 Å². The summed E-state index contributed by atoms with van der Waals surface area (Å²) < 4.78 is 38.3. The maximum absolute atomic E-state index is 12.8. The predicted molar refractivity (Wildman–Crippen MR) is 65.6 cm³/mol. The van der Waals surface area contributed by atoms with Gasteiger partial charge in [0, 0.05) is 12.6 Å². The van der Waals surface area contributed by atoms with Gasteiger partial charge in [0.1, 0.15) is 5.75 Å². The summed E-state index contributed by atoms with van der Waals surface area (Å²) in [5.41, 5.74) is 5.21. The van der Waals surface area contributed by atoms with Gasteiger partial charge in [0.2, 0.25) is 0 Å². The Morgan fingerprint density at radius 3 is 2.63 bits per heavy atom. The molecule has 1 saturated heterocycles. The third-order valence-corrected chi connectivity index (χ3v) is 3.68. The Kier molecular flexibility index (Phi) is 3.73. The second kappa shape index (κ2) is 5.02. The van der Waals surface area contributed by atoms with E-state index in [1.54, 1.807) is 6.07 Å². The molecule has 0 radical (unpaired) electrons. The van der Waals surface area contributed by atoms with Crippen molar-refractivity contribution in [2.24, 2.45) is 11.7 Å². The number of hydrogen-bond donors (Lipinski definition) is 2. The van der Waals surface area contributed by atoms with Crippen molar-refractivity contribution in [3.8, 4) is 5.75 Å². The van der Waals surface area contributed by atoms with Crippen molar-refractivity contribution in [2.75, 3.05) is 20.1 Å². The Bertz CT molecular complexity index is 462. The Labute approximate surface area is 109 Å². The lowest BCUT2D eigenvalue weighted by molar-refractivity contribution is -0.138. The molecule has 3 nitrogen and oxygen atoms in total. The van der Waals surface area contributed by atoms with E-state index < -0.39 is 17.5 Å². The topological polar surface area (TPSA) is 49.5 Å². The third kappa shape index (κ3) is 2.84. The molecule has 0 aromatic heterocycles. The summed E-state index contributed by atoms with van der Waals surface area (Å²) >= 11 is 0. The predicted octanol–water partition coefficient (Wildman–Crippen LogP) is 2.36. The number of aromatic hydroxyl groups is 1. The number of nitrogens with zero attached hydrogens (tertiary/aromatic N) is 1. The number of rotatable bonds is 2. The van der Waals surface area contributed by atoms with Crippen LogP contribution in [-0.2, 0) is 6.18 Å². The fourth-order valence-corrected chi connectivity index (χ4v) is 2.65. The molecule has 1 aliphatic heterocycles. The SMILES string of the molecule is CN1CC(CN)CC1c1ccc(O)c(C(F)(F)F)c1. The minimum atomic E-state index is -4.54. The highest BCUT2D eigenvalue weighted by Gasteiger charge is 2.36. The number of benzene rings is 1. The van der Waals surface area contributed by atoms with E-state index in [-0.39, 0.29) is 6.04 Å². The molecule has 19 heavy (non-hydrogen) atoms. The largest absolute Gasteiger partial charge is 0.507 e. The van der Waals surface area contributed by atoms with Gasteiger partial charge in [0.15, 0.2) is 0 Å². The van der Waals surface area contributed by atoms with Crippen LogP contribution in [-0.4, -0.2) is 30.1 Å². The number of alkyl halides is 3. The van der Waals surface area contributed by atoms with Crippen LogP contribution in [0, 0.1) is 5.92 Å². The number of likely N-dealkylation sites (tertiary alicyclic amines) is 1. The first-order chi connectivity index (χ1) is 8.82. The number of halogens is 3. The maximum Gasteiger partial charge on any atom is 0.419 e. The maximum atomic E-state index is 12.8. The summed E-state index contributed by atoms with van der Waals surface area (Å²) in [6, 6.07) is 3.62. The van der Waals surface area contributed by atoms with Crippen LogP contribution in [0.4, 0.5) is 13.2 Å². The summed E-state index contributed by atoms with van der Waals surface area (Å²) in [7, 11) is 1.88. The van der Waals surface area contributed by atoms with Gasteiger partial charge < -0.3 is 10.8 Å². The Balaban J connectivity index is 2.31. The van der Waals surface area contributed by atoms with Gasteiger partial charge >= 0.3 is 6.18 Å². The third-order valence-electron chi connectivity index (χ3n) is 3.68. The second-order valence-electron chi connectivity index (χ2n) is 5.07. The summed E-state index contributed by atoms with van der Waals surface area (Å²) in [6.45, 7) is 1.31. The summed E-state index contributed by atoms with van der Waals surface area (Å²) in [5, 5.41) is 9.32. The van der Waals surface area contributed by atoms with E-state index in [1.165, 1.54) is 0 Å². The molecule has 1 heterocycles. The zero-order valence-electron chi connectivity index (χ0n) is 10.6. The van der Waals surface area contributed by atoms with E-state index in [2.05, 4.69) is 0 Å². The smallest absolute Gasteiger partial charge is 0.419 e. The Morgan fingerprint density at radius 2 is 2.11 bits per heavy atom. The van der Waals surface area contributed by atoms with Gasteiger partial charge in [-0.05, 0) is 43.6 Å². The van der Waals surface area contributed by atoms with Crippen molar-refractivity contribution in [1.82, 2.24) is 4.90 Å². The molecule has 1 aromatic carbocycles. The summed E-state index contributed by atoms with van der Waals surface area (Å²) in [6.07, 6.45) is -3.79. The minimum absolute atomic E-state index is 0.0738. The van der Waals surface area contributed by atoms with Crippen molar-refractivity contribution in [2.45, 2.75) is 18.6 Å². The van der Waals surface area contributed by atoms with Crippen LogP contribution in [0.5, 0.6) is 5.75 Å². The van der Waals surface area contributed by atoms with Gasteiger partial charge in [-0.2, -0.15) is 13.2 Å². The normalized spacial score (nSPS) is 24.9. The van der Waals surface area contributed by atoms with Crippen LogP contribution in [0.25, 0.3) is 0 Å². The summed E-state index contributed by atoms with van der Waals surface area (Å²) in [4.78, 5) is 2.00. The molecule has 0 aliphatic carbocycles. The molecule has 0 bridgehead atoms. The second-order valence-corrected chi connectivity index (χ2v) is 5.07. The van der Waals surface area contributed by atoms with E-state index >= 15 is 0 Å². The first-order valence-electron chi connectivity index (χ1n) is 6.13. The van der Waals surface area contributed by atoms with Crippen LogP contribution in [0.2, 0.25) is 0 Å². The summed E-state index contributed by atoms with van der Waals surface area (Å²) in [5.74, 6) is -0.426. The van der Waals surface area contributed by atoms with E-state index in [4.69, 9.17) is 5.73 Å². The van der Waals surface area contributed by atoms with E-state index in [0.717, 1.165) is 25.1 Å². The zero-order chi connectivity index (χ0) is 14.2. The fourth-order valence-electron chi connectivity index (χ4n) is 2.65. The number of phenols is 1. The highest BCUT2D eigenvalue weighted by Crippen LogP contribution is 2.40. The van der Waals surface area contributed by atoms with E-state index in [0.29, 0.717) is 18.0 Å². The molecule has 2 rings (SSSR count). The number of nitrogens with two attached hydrogens (primary N) is 1. The van der Waals surface area contributed by atoms with Gasteiger partial charge in [-0.3, -0.25) is 4.90 Å². The quantitative estimate of drug-likeness (QED) is 0.870. The molecule has 2 atom stereocenters.